The molecule has 1 aromatic heterocycles. The lowest BCUT2D eigenvalue weighted by Crippen LogP contribution is -2.40. The molecule has 2 aromatic rings. The SMILES string of the molecule is NCC1c2ccccc2CCN1c1ncc(Cl)cc1Cl. The Labute approximate surface area is 128 Å². The Morgan fingerprint density at radius 3 is 2.85 bits per heavy atom. The molecule has 0 fully saturated rings. The molecule has 0 aliphatic carbocycles. The van der Waals surface area contributed by atoms with Crippen molar-refractivity contribution in [2.75, 3.05) is 18.0 Å². The molecule has 2 heterocycles. The average molecular weight is 308 g/mol. The van der Waals surface area contributed by atoms with Crippen LogP contribution in [0.15, 0.2) is 36.5 Å². The van der Waals surface area contributed by atoms with Crippen molar-refractivity contribution in [1.29, 1.82) is 0 Å². The van der Waals surface area contributed by atoms with Gasteiger partial charge < -0.3 is 10.6 Å². The van der Waals surface area contributed by atoms with Gasteiger partial charge in [-0.3, -0.25) is 0 Å². The maximum atomic E-state index is 6.28. The Hall–Kier alpha value is -1.29. The molecule has 1 unspecified atom stereocenters. The minimum absolute atomic E-state index is 0.103. The molecule has 20 heavy (non-hydrogen) atoms. The van der Waals surface area contributed by atoms with Crippen molar-refractivity contribution >= 4 is 29.0 Å². The summed E-state index contributed by atoms with van der Waals surface area (Å²) in [4.78, 5) is 6.55. The highest BCUT2D eigenvalue weighted by molar-refractivity contribution is 6.36. The summed E-state index contributed by atoms with van der Waals surface area (Å²) >= 11 is 12.2. The van der Waals surface area contributed by atoms with Crippen LogP contribution >= 0.6 is 23.2 Å². The van der Waals surface area contributed by atoms with Crippen LogP contribution in [0.1, 0.15) is 17.2 Å². The summed E-state index contributed by atoms with van der Waals surface area (Å²) in [5.74, 6) is 0.751. The van der Waals surface area contributed by atoms with E-state index in [2.05, 4.69) is 28.1 Å². The van der Waals surface area contributed by atoms with Crippen LogP contribution in [-0.4, -0.2) is 18.1 Å². The number of halogens is 2. The largest absolute Gasteiger partial charge is 0.347 e. The molecule has 5 heteroatoms. The average Bonchev–Trinajstić information content (AvgIpc) is 2.46. The normalized spacial score (nSPS) is 17.9. The molecule has 3 rings (SSSR count). The summed E-state index contributed by atoms with van der Waals surface area (Å²) in [6.07, 6.45) is 2.59. The summed E-state index contributed by atoms with van der Waals surface area (Å²) in [5.41, 5.74) is 8.60. The van der Waals surface area contributed by atoms with Crippen molar-refractivity contribution in [3.05, 3.63) is 57.7 Å². The molecule has 0 spiro atoms. The number of aromatic nitrogens is 1. The smallest absolute Gasteiger partial charge is 0.148 e. The van der Waals surface area contributed by atoms with Crippen LogP contribution in [0.3, 0.4) is 0 Å². The van der Waals surface area contributed by atoms with Crippen molar-refractivity contribution < 1.29 is 0 Å². The number of nitrogens with two attached hydrogens (primary N) is 1. The third-order valence-electron chi connectivity index (χ3n) is 3.70. The zero-order chi connectivity index (χ0) is 14.1. The first-order valence-electron chi connectivity index (χ1n) is 6.56. The minimum Gasteiger partial charge on any atom is -0.347 e. The van der Waals surface area contributed by atoms with E-state index in [0.717, 1.165) is 18.8 Å². The van der Waals surface area contributed by atoms with E-state index >= 15 is 0 Å². The Balaban J connectivity index is 2.03. The Morgan fingerprint density at radius 2 is 2.10 bits per heavy atom. The summed E-state index contributed by atoms with van der Waals surface area (Å²) in [7, 11) is 0. The number of pyridine rings is 1. The fraction of sp³-hybridized carbons (Fsp3) is 0.267. The zero-order valence-corrected chi connectivity index (χ0v) is 12.4. The van der Waals surface area contributed by atoms with Gasteiger partial charge in [0.15, 0.2) is 0 Å². The van der Waals surface area contributed by atoms with E-state index in [1.807, 2.05) is 6.07 Å². The summed E-state index contributed by atoms with van der Waals surface area (Å²) < 4.78 is 0. The maximum Gasteiger partial charge on any atom is 0.148 e. The number of fused-ring (bicyclic) bond motifs is 1. The van der Waals surface area contributed by atoms with E-state index in [9.17, 15) is 0 Å². The molecule has 0 bridgehead atoms. The fourth-order valence-electron chi connectivity index (χ4n) is 2.78. The second kappa shape index (κ2) is 5.60. The van der Waals surface area contributed by atoms with Gasteiger partial charge in [0.05, 0.1) is 16.1 Å². The second-order valence-electron chi connectivity index (χ2n) is 4.85. The molecule has 1 atom stereocenters. The van der Waals surface area contributed by atoms with E-state index in [1.54, 1.807) is 12.3 Å². The molecule has 0 radical (unpaired) electrons. The molecule has 104 valence electrons. The first-order valence-corrected chi connectivity index (χ1v) is 7.32. The number of hydrogen-bond donors (Lipinski definition) is 1. The van der Waals surface area contributed by atoms with Crippen LogP contribution < -0.4 is 10.6 Å². The van der Waals surface area contributed by atoms with Crippen molar-refractivity contribution in [1.82, 2.24) is 4.98 Å². The maximum absolute atomic E-state index is 6.28. The number of benzene rings is 1. The summed E-state index contributed by atoms with van der Waals surface area (Å²) in [6.45, 7) is 1.38. The summed E-state index contributed by atoms with van der Waals surface area (Å²) in [6, 6.07) is 10.2. The van der Waals surface area contributed by atoms with Crippen LogP contribution in [0.4, 0.5) is 5.82 Å². The predicted octanol–water partition coefficient (Wildman–Crippen LogP) is 3.45. The molecular weight excluding hydrogens is 293 g/mol. The Kier molecular flexibility index (Phi) is 3.83. The minimum atomic E-state index is 0.103. The van der Waals surface area contributed by atoms with Crippen LogP contribution in [0.2, 0.25) is 10.0 Å². The monoisotopic (exact) mass is 307 g/mol. The van der Waals surface area contributed by atoms with E-state index in [-0.39, 0.29) is 6.04 Å². The van der Waals surface area contributed by atoms with Crippen LogP contribution in [-0.2, 0) is 6.42 Å². The standard InChI is InChI=1S/C15H15Cl2N3/c16-11-7-13(17)15(19-9-11)20-6-5-10-3-1-2-4-12(10)14(20)8-18/h1-4,7,9,14H,5-6,8,18H2. The van der Waals surface area contributed by atoms with Gasteiger partial charge in [-0.2, -0.15) is 0 Å². The van der Waals surface area contributed by atoms with Gasteiger partial charge in [-0.15, -0.1) is 0 Å². The topological polar surface area (TPSA) is 42.1 Å². The molecule has 0 amide bonds. The van der Waals surface area contributed by atoms with Gasteiger partial charge in [0.25, 0.3) is 0 Å². The van der Waals surface area contributed by atoms with Gasteiger partial charge in [0.1, 0.15) is 5.82 Å². The van der Waals surface area contributed by atoms with Gasteiger partial charge in [-0.05, 0) is 23.6 Å². The third-order valence-corrected chi connectivity index (χ3v) is 4.18. The third kappa shape index (κ3) is 2.37. The van der Waals surface area contributed by atoms with Crippen molar-refractivity contribution in [3.63, 3.8) is 0 Å². The first-order chi connectivity index (χ1) is 9.70. The Bertz CT molecular complexity index is 630. The lowest BCUT2D eigenvalue weighted by Gasteiger charge is -2.38. The van der Waals surface area contributed by atoms with Gasteiger partial charge in [-0.1, -0.05) is 47.5 Å². The fourth-order valence-corrected chi connectivity index (χ4v) is 3.27. The lowest BCUT2D eigenvalue weighted by molar-refractivity contribution is 0.584. The van der Waals surface area contributed by atoms with E-state index in [1.165, 1.54) is 11.1 Å². The molecule has 0 saturated carbocycles. The molecule has 1 aromatic carbocycles. The van der Waals surface area contributed by atoms with Crippen molar-refractivity contribution in [2.45, 2.75) is 12.5 Å². The lowest BCUT2D eigenvalue weighted by atomic mass is 9.92. The quantitative estimate of drug-likeness (QED) is 0.924. The van der Waals surface area contributed by atoms with Crippen LogP contribution in [0.5, 0.6) is 0 Å². The van der Waals surface area contributed by atoms with E-state index in [0.29, 0.717) is 16.6 Å². The van der Waals surface area contributed by atoms with Gasteiger partial charge in [-0.25, -0.2) is 4.98 Å². The number of hydrogen-bond acceptors (Lipinski definition) is 3. The first kappa shape index (κ1) is 13.7. The highest BCUT2D eigenvalue weighted by Crippen LogP contribution is 2.36. The van der Waals surface area contributed by atoms with Crippen LogP contribution in [0.25, 0.3) is 0 Å². The number of nitrogens with zero attached hydrogens (tertiary/aromatic N) is 2. The van der Waals surface area contributed by atoms with Crippen molar-refractivity contribution in [3.8, 4) is 0 Å². The molecule has 1 aliphatic rings. The second-order valence-corrected chi connectivity index (χ2v) is 5.70. The predicted molar refractivity (Wildman–Crippen MR) is 83.5 cm³/mol. The van der Waals surface area contributed by atoms with E-state index in [4.69, 9.17) is 28.9 Å². The van der Waals surface area contributed by atoms with E-state index < -0.39 is 0 Å². The molecular formula is C15H15Cl2N3. The molecule has 2 N–H and O–H groups in total. The molecule has 1 aliphatic heterocycles. The highest BCUT2D eigenvalue weighted by Gasteiger charge is 2.28. The molecule has 3 nitrogen and oxygen atoms in total. The van der Waals surface area contributed by atoms with Gasteiger partial charge >= 0.3 is 0 Å². The zero-order valence-electron chi connectivity index (χ0n) is 10.9. The molecule has 0 saturated heterocycles. The summed E-state index contributed by atoms with van der Waals surface area (Å²) in [5, 5.41) is 1.11. The van der Waals surface area contributed by atoms with Crippen molar-refractivity contribution in [2.24, 2.45) is 5.73 Å². The number of anilines is 1. The van der Waals surface area contributed by atoms with Gasteiger partial charge in [0, 0.05) is 19.3 Å². The highest BCUT2D eigenvalue weighted by atomic mass is 35.5. The van der Waals surface area contributed by atoms with Gasteiger partial charge in [0.2, 0.25) is 0 Å². The number of rotatable bonds is 2. The van der Waals surface area contributed by atoms with Crippen LogP contribution in [0, 0.1) is 0 Å². The Morgan fingerprint density at radius 1 is 1.30 bits per heavy atom.